The highest BCUT2D eigenvalue weighted by Crippen LogP contribution is 2.33. The third kappa shape index (κ3) is 4.07. The van der Waals surface area contributed by atoms with E-state index in [4.69, 9.17) is 14.9 Å². The molecular weight excluding hydrogens is 301 g/mol. The normalized spacial score (nSPS) is 12.3. The van der Waals surface area contributed by atoms with Gasteiger partial charge in [0.05, 0.1) is 30.6 Å². The smallest absolute Gasteiger partial charge is 0.241 e. The minimum atomic E-state index is -0.670. The first-order chi connectivity index (χ1) is 10.9. The zero-order valence-corrected chi connectivity index (χ0v) is 13.3. The average molecular weight is 321 g/mol. The molecule has 0 fully saturated rings. The Morgan fingerprint density at radius 3 is 2.78 bits per heavy atom. The number of halogens is 1. The number of carbonyl (C=O) groups is 1. The van der Waals surface area contributed by atoms with Gasteiger partial charge in [0.25, 0.3) is 0 Å². The van der Waals surface area contributed by atoms with Crippen LogP contribution < -0.4 is 15.8 Å². The number of benzene rings is 1. The number of hydrogen-bond acceptors (Lipinski definition) is 5. The first-order valence-electron chi connectivity index (χ1n) is 7.25. The Hall–Kier alpha value is -2.41. The molecule has 7 heteroatoms. The Bertz CT molecular complexity index is 671. The Balaban J connectivity index is 2.26. The maximum atomic E-state index is 14.3. The molecule has 0 aliphatic carbocycles. The topological polar surface area (TPSA) is 90.4 Å². The van der Waals surface area contributed by atoms with E-state index in [1.54, 1.807) is 0 Å². The van der Waals surface area contributed by atoms with E-state index in [1.807, 2.05) is 13.8 Å². The minimum absolute atomic E-state index is 0.198. The standard InChI is InChI=1S/C16H20FN3O3/c1-9(2)4-12(18)16(21)20-13-6-11(17)10(5-14(13)22-3)15-7-19-8-23-15/h5-9,12H,4,18H2,1-3H3,(H,20,21). The summed E-state index contributed by atoms with van der Waals surface area (Å²) in [5, 5.41) is 2.60. The molecule has 0 aliphatic rings. The lowest BCUT2D eigenvalue weighted by atomic mass is 10.0. The van der Waals surface area contributed by atoms with Crippen molar-refractivity contribution in [2.24, 2.45) is 11.7 Å². The molecule has 1 aromatic heterocycles. The molecular formula is C16H20FN3O3. The highest BCUT2D eigenvalue weighted by atomic mass is 19.1. The molecule has 0 saturated heterocycles. The third-order valence-corrected chi connectivity index (χ3v) is 3.31. The van der Waals surface area contributed by atoms with E-state index in [0.29, 0.717) is 12.2 Å². The molecule has 1 aromatic carbocycles. The van der Waals surface area contributed by atoms with Crippen LogP contribution in [0.25, 0.3) is 11.3 Å². The van der Waals surface area contributed by atoms with Gasteiger partial charge in [-0.15, -0.1) is 0 Å². The van der Waals surface area contributed by atoms with Crippen molar-refractivity contribution in [3.05, 3.63) is 30.5 Å². The first kappa shape index (κ1) is 17.0. The fourth-order valence-electron chi connectivity index (χ4n) is 2.20. The zero-order valence-electron chi connectivity index (χ0n) is 13.3. The summed E-state index contributed by atoms with van der Waals surface area (Å²) in [7, 11) is 1.43. The summed E-state index contributed by atoms with van der Waals surface area (Å²) in [4.78, 5) is 15.9. The maximum Gasteiger partial charge on any atom is 0.241 e. The fourth-order valence-corrected chi connectivity index (χ4v) is 2.20. The second kappa shape index (κ2) is 7.23. The summed E-state index contributed by atoms with van der Waals surface area (Å²) in [6.45, 7) is 3.94. The van der Waals surface area contributed by atoms with Crippen LogP contribution in [0.3, 0.4) is 0 Å². The van der Waals surface area contributed by atoms with Gasteiger partial charge in [-0.05, 0) is 18.4 Å². The van der Waals surface area contributed by atoms with Crippen molar-refractivity contribution in [1.82, 2.24) is 4.98 Å². The highest BCUT2D eigenvalue weighted by Gasteiger charge is 2.19. The van der Waals surface area contributed by atoms with Gasteiger partial charge in [0.1, 0.15) is 11.6 Å². The SMILES string of the molecule is COc1cc(-c2cnco2)c(F)cc1NC(=O)C(N)CC(C)C. The molecule has 0 aliphatic heterocycles. The van der Waals surface area contributed by atoms with Crippen LogP contribution in [-0.4, -0.2) is 24.0 Å². The van der Waals surface area contributed by atoms with E-state index in [1.165, 1.54) is 31.8 Å². The summed E-state index contributed by atoms with van der Waals surface area (Å²) < 4.78 is 24.6. The van der Waals surface area contributed by atoms with E-state index < -0.39 is 11.9 Å². The predicted octanol–water partition coefficient (Wildman–Crippen LogP) is 2.80. The van der Waals surface area contributed by atoms with Crippen LogP contribution in [0.15, 0.2) is 29.1 Å². The van der Waals surface area contributed by atoms with Crippen molar-refractivity contribution in [3.8, 4) is 17.1 Å². The number of nitrogens with zero attached hydrogens (tertiary/aromatic N) is 1. The van der Waals surface area contributed by atoms with Crippen molar-refractivity contribution in [2.75, 3.05) is 12.4 Å². The molecule has 1 atom stereocenters. The number of nitrogens with one attached hydrogen (secondary N) is 1. The Labute approximate surface area is 133 Å². The van der Waals surface area contributed by atoms with Crippen molar-refractivity contribution in [3.63, 3.8) is 0 Å². The van der Waals surface area contributed by atoms with Crippen LogP contribution in [-0.2, 0) is 4.79 Å². The van der Waals surface area contributed by atoms with Gasteiger partial charge in [-0.2, -0.15) is 0 Å². The molecule has 1 amide bonds. The number of anilines is 1. The Morgan fingerprint density at radius 1 is 1.48 bits per heavy atom. The number of carbonyl (C=O) groups excluding carboxylic acids is 1. The van der Waals surface area contributed by atoms with Crippen molar-refractivity contribution in [1.29, 1.82) is 0 Å². The van der Waals surface area contributed by atoms with Crippen molar-refractivity contribution < 1.29 is 18.3 Å². The van der Waals surface area contributed by atoms with Gasteiger partial charge >= 0.3 is 0 Å². The number of oxazole rings is 1. The van der Waals surface area contributed by atoms with Gasteiger partial charge in [0.2, 0.25) is 5.91 Å². The molecule has 124 valence electrons. The Morgan fingerprint density at radius 2 is 2.22 bits per heavy atom. The molecule has 0 spiro atoms. The van der Waals surface area contributed by atoms with Gasteiger partial charge in [0, 0.05) is 6.07 Å². The van der Waals surface area contributed by atoms with Gasteiger partial charge < -0.3 is 20.2 Å². The maximum absolute atomic E-state index is 14.3. The second-order valence-corrected chi connectivity index (χ2v) is 5.62. The first-order valence-corrected chi connectivity index (χ1v) is 7.25. The molecule has 23 heavy (non-hydrogen) atoms. The fraction of sp³-hybridized carbons (Fsp3) is 0.375. The molecule has 0 radical (unpaired) electrons. The summed E-state index contributed by atoms with van der Waals surface area (Å²) in [6, 6.07) is 1.95. The number of rotatable bonds is 6. The quantitative estimate of drug-likeness (QED) is 0.854. The number of hydrogen-bond donors (Lipinski definition) is 2. The van der Waals surface area contributed by atoms with E-state index in [-0.39, 0.29) is 28.8 Å². The zero-order chi connectivity index (χ0) is 17.0. The summed E-state index contributed by atoms with van der Waals surface area (Å²) in [6.07, 6.45) is 3.14. The average Bonchev–Trinajstić information content (AvgIpc) is 3.00. The summed E-state index contributed by atoms with van der Waals surface area (Å²) in [5.41, 5.74) is 6.25. The van der Waals surface area contributed by atoms with E-state index in [2.05, 4.69) is 10.3 Å². The monoisotopic (exact) mass is 321 g/mol. The minimum Gasteiger partial charge on any atom is -0.495 e. The van der Waals surface area contributed by atoms with E-state index in [9.17, 15) is 9.18 Å². The molecule has 1 unspecified atom stereocenters. The number of nitrogens with two attached hydrogens (primary N) is 1. The molecule has 6 nitrogen and oxygen atoms in total. The van der Waals surface area contributed by atoms with Gasteiger partial charge in [0.15, 0.2) is 12.2 Å². The van der Waals surface area contributed by atoms with Crippen molar-refractivity contribution >= 4 is 11.6 Å². The van der Waals surface area contributed by atoms with Crippen LogP contribution in [0.4, 0.5) is 10.1 Å². The number of aromatic nitrogens is 1. The third-order valence-electron chi connectivity index (χ3n) is 3.31. The molecule has 2 rings (SSSR count). The lowest BCUT2D eigenvalue weighted by molar-refractivity contribution is -0.117. The number of ether oxygens (including phenoxy) is 1. The molecule has 2 aromatic rings. The van der Waals surface area contributed by atoms with Crippen LogP contribution >= 0.6 is 0 Å². The van der Waals surface area contributed by atoms with E-state index >= 15 is 0 Å². The highest BCUT2D eigenvalue weighted by molar-refractivity contribution is 5.96. The van der Waals surface area contributed by atoms with Crippen LogP contribution in [0.1, 0.15) is 20.3 Å². The number of amides is 1. The Kier molecular flexibility index (Phi) is 5.33. The van der Waals surface area contributed by atoms with Crippen LogP contribution in [0, 0.1) is 11.7 Å². The van der Waals surface area contributed by atoms with Gasteiger partial charge in [-0.3, -0.25) is 4.79 Å². The van der Waals surface area contributed by atoms with Crippen molar-refractivity contribution in [2.45, 2.75) is 26.3 Å². The van der Waals surface area contributed by atoms with Crippen LogP contribution in [0.5, 0.6) is 5.75 Å². The molecule has 0 saturated carbocycles. The molecule has 0 bridgehead atoms. The van der Waals surface area contributed by atoms with Gasteiger partial charge in [-0.1, -0.05) is 13.8 Å². The van der Waals surface area contributed by atoms with E-state index in [0.717, 1.165) is 0 Å². The predicted molar refractivity (Wildman–Crippen MR) is 84.5 cm³/mol. The lowest BCUT2D eigenvalue weighted by Crippen LogP contribution is -2.36. The molecule has 3 N–H and O–H groups in total. The molecule has 1 heterocycles. The number of methoxy groups -OCH3 is 1. The van der Waals surface area contributed by atoms with Crippen LogP contribution in [0.2, 0.25) is 0 Å². The largest absolute Gasteiger partial charge is 0.495 e. The second-order valence-electron chi connectivity index (χ2n) is 5.62. The summed E-state index contributed by atoms with van der Waals surface area (Å²) >= 11 is 0. The van der Waals surface area contributed by atoms with Gasteiger partial charge in [-0.25, -0.2) is 9.37 Å². The summed E-state index contributed by atoms with van der Waals surface area (Å²) in [5.74, 6) is -0.0830. The lowest BCUT2D eigenvalue weighted by Gasteiger charge is -2.16.